The number of hydrogen-bond acceptors (Lipinski definition) is 3. The van der Waals surface area contributed by atoms with Gasteiger partial charge in [0.2, 0.25) is 5.91 Å². The van der Waals surface area contributed by atoms with Crippen LogP contribution in [0.2, 0.25) is 5.02 Å². The molecule has 0 aromatic carbocycles. The molecule has 2 heterocycles. The SMILES string of the molecule is Cc1cc(C(F)(F)F)nn1CCCNC(=O)CCn1nc(C(F)(F)F)c(Cl)c1C. The first-order valence-electron chi connectivity index (χ1n) is 8.49. The quantitative estimate of drug-likeness (QED) is 0.518. The van der Waals surface area contributed by atoms with E-state index in [0.29, 0.717) is 12.1 Å². The van der Waals surface area contributed by atoms with Gasteiger partial charge in [0, 0.05) is 25.2 Å². The molecule has 13 heteroatoms. The number of nitrogens with one attached hydrogen (secondary N) is 1. The molecule has 0 bridgehead atoms. The lowest BCUT2D eigenvalue weighted by atomic mass is 10.3. The van der Waals surface area contributed by atoms with Gasteiger partial charge in [0.05, 0.1) is 17.3 Å². The lowest BCUT2D eigenvalue weighted by Gasteiger charge is -2.08. The fourth-order valence-electron chi connectivity index (χ4n) is 2.55. The zero-order valence-corrected chi connectivity index (χ0v) is 16.2. The average Bonchev–Trinajstić information content (AvgIpc) is 3.10. The van der Waals surface area contributed by atoms with Gasteiger partial charge in [-0.25, -0.2) is 0 Å². The number of halogens is 7. The first-order valence-corrected chi connectivity index (χ1v) is 8.87. The zero-order chi connectivity index (χ0) is 22.0. The van der Waals surface area contributed by atoms with Gasteiger partial charge in [-0.1, -0.05) is 11.6 Å². The molecule has 0 saturated heterocycles. The molecule has 162 valence electrons. The molecule has 0 saturated carbocycles. The topological polar surface area (TPSA) is 64.7 Å². The van der Waals surface area contributed by atoms with Crippen molar-refractivity contribution in [3.8, 4) is 0 Å². The van der Waals surface area contributed by atoms with Gasteiger partial charge in [0.1, 0.15) is 0 Å². The van der Waals surface area contributed by atoms with Crippen LogP contribution in [0.5, 0.6) is 0 Å². The second-order valence-electron chi connectivity index (χ2n) is 6.31. The minimum atomic E-state index is -4.69. The number of alkyl halides is 6. The molecule has 0 fully saturated rings. The smallest absolute Gasteiger partial charge is 0.356 e. The van der Waals surface area contributed by atoms with Gasteiger partial charge < -0.3 is 5.32 Å². The Kier molecular flexibility index (Phi) is 6.86. The number of nitrogens with zero attached hydrogens (tertiary/aromatic N) is 4. The molecule has 1 N–H and O–H groups in total. The fraction of sp³-hybridized carbons (Fsp3) is 0.562. The van der Waals surface area contributed by atoms with Gasteiger partial charge in [-0.05, 0) is 26.3 Å². The first kappa shape index (κ1) is 23.0. The van der Waals surface area contributed by atoms with Crippen LogP contribution in [-0.2, 0) is 30.2 Å². The van der Waals surface area contributed by atoms with Crippen LogP contribution in [0, 0.1) is 13.8 Å². The highest BCUT2D eigenvalue weighted by atomic mass is 35.5. The largest absolute Gasteiger partial charge is 0.436 e. The summed E-state index contributed by atoms with van der Waals surface area (Å²) in [5.74, 6) is -0.433. The van der Waals surface area contributed by atoms with E-state index in [1.807, 2.05) is 0 Å². The highest BCUT2D eigenvalue weighted by molar-refractivity contribution is 6.31. The number of carbonyl (C=O) groups is 1. The fourth-order valence-corrected chi connectivity index (χ4v) is 2.79. The summed E-state index contributed by atoms with van der Waals surface area (Å²) in [4.78, 5) is 11.9. The van der Waals surface area contributed by atoms with Gasteiger partial charge in [-0.3, -0.25) is 14.2 Å². The summed E-state index contributed by atoms with van der Waals surface area (Å²) in [6.07, 6.45) is -9.01. The molecule has 0 unspecified atom stereocenters. The molecule has 2 aromatic rings. The molecule has 1 amide bonds. The third kappa shape index (κ3) is 5.87. The Hall–Kier alpha value is -2.24. The van der Waals surface area contributed by atoms with Crippen LogP contribution in [-0.4, -0.2) is 32.0 Å². The van der Waals surface area contributed by atoms with E-state index in [-0.39, 0.29) is 31.7 Å². The molecule has 0 spiro atoms. The Morgan fingerprint density at radius 3 is 2.24 bits per heavy atom. The molecule has 0 atom stereocenters. The predicted octanol–water partition coefficient (Wildman–Crippen LogP) is 3.98. The van der Waals surface area contributed by atoms with E-state index < -0.39 is 34.7 Å². The van der Waals surface area contributed by atoms with E-state index >= 15 is 0 Å². The molecule has 0 aliphatic heterocycles. The summed E-state index contributed by atoms with van der Waals surface area (Å²) in [6.45, 7) is 3.11. The van der Waals surface area contributed by atoms with Crippen LogP contribution < -0.4 is 5.32 Å². The third-order valence-corrected chi connectivity index (χ3v) is 4.55. The standard InChI is InChI=1S/C16H18ClF6N5O/c1-9-8-11(15(18,19)20)25-27(9)6-3-5-24-12(29)4-7-28-10(2)13(17)14(26-28)16(21,22)23/h8H,3-7H2,1-2H3,(H,24,29). The summed E-state index contributed by atoms with van der Waals surface area (Å²) in [5, 5.41) is 8.92. The summed E-state index contributed by atoms with van der Waals surface area (Å²) in [5.41, 5.74) is -1.74. The summed E-state index contributed by atoms with van der Waals surface area (Å²) in [7, 11) is 0. The van der Waals surface area contributed by atoms with Crippen molar-refractivity contribution in [1.82, 2.24) is 24.9 Å². The number of amides is 1. The molecule has 6 nitrogen and oxygen atoms in total. The van der Waals surface area contributed by atoms with Crippen LogP contribution >= 0.6 is 11.6 Å². The van der Waals surface area contributed by atoms with E-state index in [9.17, 15) is 31.1 Å². The number of hydrogen-bond donors (Lipinski definition) is 1. The van der Waals surface area contributed by atoms with E-state index in [0.717, 1.165) is 10.7 Å². The summed E-state index contributed by atoms with van der Waals surface area (Å²) in [6, 6.07) is 0.936. The van der Waals surface area contributed by atoms with Gasteiger partial charge in [0.15, 0.2) is 11.4 Å². The van der Waals surface area contributed by atoms with Gasteiger partial charge >= 0.3 is 12.4 Å². The molecule has 0 radical (unpaired) electrons. The first-order chi connectivity index (χ1) is 13.3. The Labute approximate surface area is 166 Å². The lowest BCUT2D eigenvalue weighted by molar-refractivity contribution is -0.142. The van der Waals surface area contributed by atoms with Crippen molar-refractivity contribution in [2.24, 2.45) is 0 Å². The molecule has 0 aliphatic carbocycles. The molecule has 0 aliphatic rings. The Bertz CT molecular complexity index is 871. The maximum Gasteiger partial charge on any atom is 0.436 e. The van der Waals surface area contributed by atoms with Crippen LogP contribution in [0.4, 0.5) is 26.3 Å². The van der Waals surface area contributed by atoms with E-state index in [2.05, 4.69) is 15.5 Å². The van der Waals surface area contributed by atoms with Crippen molar-refractivity contribution in [3.63, 3.8) is 0 Å². The summed E-state index contributed by atoms with van der Waals surface area (Å²) < 4.78 is 78.4. The van der Waals surface area contributed by atoms with Crippen molar-refractivity contribution in [2.45, 2.75) is 52.1 Å². The highest BCUT2D eigenvalue weighted by Crippen LogP contribution is 2.35. The van der Waals surface area contributed by atoms with Gasteiger partial charge in [-0.15, -0.1) is 0 Å². The second-order valence-corrected chi connectivity index (χ2v) is 6.69. The minimum absolute atomic E-state index is 0.0966. The van der Waals surface area contributed by atoms with Crippen LogP contribution in [0.25, 0.3) is 0 Å². The molecule has 2 rings (SSSR count). The highest BCUT2D eigenvalue weighted by Gasteiger charge is 2.38. The van der Waals surface area contributed by atoms with Crippen LogP contribution in [0.15, 0.2) is 6.07 Å². The number of carbonyl (C=O) groups excluding carboxylic acids is 1. The molecular formula is C16H18ClF6N5O. The monoisotopic (exact) mass is 445 g/mol. The number of rotatable bonds is 7. The Balaban J connectivity index is 1.80. The molecule has 2 aromatic heterocycles. The second kappa shape index (κ2) is 8.64. The van der Waals surface area contributed by atoms with E-state index in [1.54, 1.807) is 0 Å². The van der Waals surface area contributed by atoms with Crippen molar-refractivity contribution in [3.05, 3.63) is 33.9 Å². The zero-order valence-electron chi connectivity index (χ0n) is 15.5. The van der Waals surface area contributed by atoms with Crippen LogP contribution in [0.3, 0.4) is 0 Å². The third-order valence-electron chi connectivity index (χ3n) is 4.09. The van der Waals surface area contributed by atoms with E-state index in [1.165, 1.54) is 18.5 Å². The summed E-state index contributed by atoms with van der Waals surface area (Å²) >= 11 is 5.63. The van der Waals surface area contributed by atoms with Gasteiger partial charge in [0.25, 0.3) is 0 Å². The lowest BCUT2D eigenvalue weighted by Crippen LogP contribution is -2.26. The maximum absolute atomic E-state index is 12.8. The average molecular weight is 446 g/mol. The van der Waals surface area contributed by atoms with Gasteiger partial charge in [-0.2, -0.15) is 36.5 Å². The van der Waals surface area contributed by atoms with Crippen molar-refractivity contribution in [2.75, 3.05) is 6.54 Å². The van der Waals surface area contributed by atoms with Crippen molar-refractivity contribution < 1.29 is 31.1 Å². The van der Waals surface area contributed by atoms with Crippen molar-refractivity contribution >= 4 is 17.5 Å². The predicted molar refractivity (Wildman–Crippen MR) is 91.2 cm³/mol. The maximum atomic E-state index is 12.8. The molecular weight excluding hydrogens is 428 g/mol. The Morgan fingerprint density at radius 2 is 1.72 bits per heavy atom. The normalized spacial score (nSPS) is 12.4. The minimum Gasteiger partial charge on any atom is -0.356 e. The van der Waals surface area contributed by atoms with Crippen LogP contribution in [0.1, 0.15) is 35.6 Å². The number of aromatic nitrogens is 4. The Morgan fingerprint density at radius 1 is 1.07 bits per heavy atom. The van der Waals surface area contributed by atoms with E-state index in [4.69, 9.17) is 11.6 Å². The van der Waals surface area contributed by atoms with Crippen molar-refractivity contribution in [1.29, 1.82) is 0 Å². The molecule has 29 heavy (non-hydrogen) atoms. The number of aryl methyl sites for hydroxylation is 3.